The van der Waals surface area contributed by atoms with Crippen LogP contribution in [0.5, 0.6) is 0 Å². The van der Waals surface area contributed by atoms with Crippen LogP contribution in [0.4, 0.5) is 5.69 Å². The van der Waals surface area contributed by atoms with E-state index in [1.807, 2.05) is 37.3 Å². The second-order valence-electron chi connectivity index (χ2n) is 5.66. The van der Waals surface area contributed by atoms with E-state index in [1.54, 1.807) is 28.9 Å². The predicted octanol–water partition coefficient (Wildman–Crippen LogP) is 3.05. The van der Waals surface area contributed by atoms with Crippen molar-refractivity contribution >= 4 is 35.0 Å². The highest BCUT2D eigenvalue weighted by Crippen LogP contribution is 2.26. The summed E-state index contributed by atoms with van der Waals surface area (Å²) in [6.45, 7) is 1.51. The van der Waals surface area contributed by atoms with Gasteiger partial charge in [-0.2, -0.15) is 5.26 Å². The van der Waals surface area contributed by atoms with Crippen molar-refractivity contribution in [1.29, 1.82) is 5.26 Å². The number of aryl methyl sites for hydroxylation is 1. The average Bonchev–Trinajstić information content (AvgIpc) is 3.08. The molecule has 0 spiro atoms. The maximum Gasteiger partial charge on any atom is 0.359 e. The van der Waals surface area contributed by atoms with Crippen molar-refractivity contribution in [2.45, 2.75) is 11.8 Å². The third-order valence-electron chi connectivity index (χ3n) is 3.61. The van der Waals surface area contributed by atoms with Crippen molar-refractivity contribution in [3.05, 3.63) is 60.0 Å². The van der Waals surface area contributed by atoms with Gasteiger partial charge in [0.1, 0.15) is 5.65 Å². The molecule has 3 rings (SSSR count). The molecule has 8 heteroatoms. The molecular formula is C19H16N4O3S. The van der Waals surface area contributed by atoms with Gasteiger partial charge in [-0.3, -0.25) is 4.79 Å². The zero-order chi connectivity index (χ0) is 19.2. The van der Waals surface area contributed by atoms with Gasteiger partial charge in [0.05, 0.1) is 17.5 Å². The second-order valence-corrected chi connectivity index (χ2v) is 6.68. The molecule has 136 valence electrons. The fraction of sp³-hybridized carbons (Fsp3) is 0.158. The van der Waals surface area contributed by atoms with Gasteiger partial charge in [0.2, 0.25) is 0 Å². The number of hydrogen-bond donors (Lipinski definition) is 1. The Morgan fingerprint density at radius 2 is 2.15 bits per heavy atom. The third kappa shape index (κ3) is 4.65. The summed E-state index contributed by atoms with van der Waals surface area (Å²) in [5, 5.41) is 11.4. The van der Waals surface area contributed by atoms with E-state index in [2.05, 4.69) is 10.3 Å². The Hall–Kier alpha value is -3.31. The molecule has 0 saturated heterocycles. The first kappa shape index (κ1) is 18.5. The molecule has 3 aromatic rings. The molecule has 7 nitrogen and oxygen atoms in total. The minimum Gasteiger partial charge on any atom is -0.451 e. The number of benzene rings is 1. The lowest BCUT2D eigenvalue weighted by molar-refractivity contribution is -0.119. The number of hydrogen-bond acceptors (Lipinski definition) is 6. The Morgan fingerprint density at radius 3 is 2.96 bits per heavy atom. The monoisotopic (exact) mass is 380 g/mol. The fourth-order valence-electron chi connectivity index (χ4n) is 2.38. The Bertz CT molecular complexity index is 1040. The molecule has 2 heterocycles. The molecule has 0 aliphatic carbocycles. The number of carbonyl (C=O) groups excluding carboxylic acids is 2. The molecule has 0 atom stereocenters. The Morgan fingerprint density at radius 1 is 1.33 bits per heavy atom. The van der Waals surface area contributed by atoms with Gasteiger partial charge in [-0.25, -0.2) is 9.78 Å². The zero-order valence-corrected chi connectivity index (χ0v) is 15.3. The molecule has 0 aliphatic heterocycles. The number of thioether (sulfide) groups is 1. The first-order valence-electron chi connectivity index (χ1n) is 8.08. The lowest BCUT2D eigenvalue weighted by Gasteiger charge is -2.09. The van der Waals surface area contributed by atoms with Crippen molar-refractivity contribution < 1.29 is 14.3 Å². The number of imidazole rings is 1. The van der Waals surface area contributed by atoms with Gasteiger partial charge in [0, 0.05) is 17.3 Å². The van der Waals surface area contributed by atoms with Crippen LogP contribution >= 0.6 is 11.8 Å². The third-order valence-corrected chi connectivity index (χ3v) is 4.55. The fourth-order valence-corrected chi connectivity index (χ4v) is 3.05. The normalized spacial score (nSPS) is 10.4. The number of carbonyl (C=O) groups is 2. The number of nitrogens with one attached hydrogen (secondary N) is 1. The minimum absolute atomic E-state index is 0.137. The van der Waals surface area contributed by atoms with E-state index in [4.69, 9.17) is 10.00 Å². The molecule has 0 unspecified atom stereocenters. The summed E-state index contributed by atoms with van der Waals surface area (Å²) in [7, 11) is 0. The van der Waals surface area contributed by atoms with Crippen molar-refractivity contribution in [2.24, 2.45) is 0 Å². The molecule has 27 heavy (non-hydrogen) atoms. The van der Waals surface area contributed by atoms with Crippen LogP contribution in [0.2, 0.25) is 0 Å². The van der Waals surface area contributed by atoms with E-state index >= 15 is 0 Å². The lowest BCUT2D eigenvalue weighted by Crippen LogP contribution is -2.21. The SMILES string of the molecule is Cc1ccn2cc(C(=O)OCC(=O)Nc3ccccc3SCC#N)nc2c1. The number of fused-ring (bicyclic) bond motifs is 1. The number of pyridine rings is 1. The average molecular weight is 380 g/mol. The molecule has 2 aromatic heterocycles. The van der Waals surface area contributed by atoms with Gasteiger partial charge in [-0.15, -0.1) is 11.8 Å². The van der Waals surface area contributed by atoms with Crippen LogP contribution in [0.3, 0.4) is 0 Å². The molecule has 0 saturated carbocycles. The van der Waals surface area contributed by atoms with Crippen LogP contribution in [-0.2, 0) is 9.53 Å². The number of anilines is 1. The highest BCUT2D eigenvalue weighted by atomic mass is 32.2. The second kappa shape index (κ2) is 8.38. The topological polar surface area (TPSA) is 96.5 Å². The molecule has 0 fully saturated rings. The number of ether oxygens (including phenoxy) is 1. The van der Waals surface area contributed by atoms with E-state index in [0.29, 0.717) is 11.3 Å². The van der Waals surface area contributed by atoms with Gasteiger partial charge in [0.15, 0.2) is 12.3 Å². The largest absolute Gasteiger partial charge is 0.451 e. The summed E-state index contributed by atoms with van der Waals surface area (Å²) in [6.07, 6.45) is 3.36. The predicted molar refractivity (Wildman–Crippen MR) is 102 cm³/mol. The smallest absolute Gasteiger partial charge is 0.359 e. The maximum atomic E-state index is 12.1. The van der Waals surface area contributed by atoms with Crippen LogP contribution < -0.4 is 5.32 Å². The summed E-state index contributed by atoms with van der Waals surface area (Å²) in [4.78, 5) is 29.2. The first-order valence-corrected chi connectivity index (χ1v) is 9.06. The number of aromatic nitrogens is 2. The highest BCUT2D eigenvalue weighted by Gasteiger charge is 2.15. The van der Waals surface area contributed by atoms with Crippen LogP contribution in [-0.4, -0.2) is 33.6 Å². The zero-order valence-electron chi connectivity index (χ0n) is 14.5. The van der Waals surface area contributed by atoms with Crippen LogP contribution in [0.15, 0.2) is 53.7 Å². The van der Waals surface area contributed by atoms with Crippen LogP contribution in [0.1, 0.15) is 16.1 Å². The molecule has 0 radical (unpaired) electrons. The summed E-state index contributed by atoms with van der Waals surface area (Å²) in [6, 6.07) is 12.9. The Labute approximate surface area is 160 Å². The van der Waals surface area contributed by atoms with E-state index in [9.17, 15) is 9.59 Å². The minimum atomic E-state index is -0.668. The van der Waals surface area contributed by atoms with E-state index < -0.39 is 18.5 Å². The van der Waals surface area contributed by atoms with E-state index in [-0.39, 0.29) is 11.4 Å². The lowest BCUT2D eigenvalue weighted by atomic mass is 10.3. The quantitative estimate of drug-likeness (QED) is 0.521. The molecule has 1 N–H and O–H groups in total. The maximum absolute atomic E-state index is 12.1. The van der Waals surface area contributed by atoms with Gasteiger partial charge in [0.25, 0.3) is 5.91 Å². The number of rotatable bonds is 6. The standard InChI is InChI=1S/C19H16N4O3S/c1-13-6-8-23-11-15(21-17(23)10-13)19(25)26-12-18(24)22-14-4-2-3-5-16(14)27-9-7-20/h2-6,8,10-11H,9,12H2,1H3,(H,22,24). The Balaban J connectivity index is 1.60. The number of esters is 1. The first-order chi connectivity index (χ1) is 13.1. The number of para-hydroxylation sites is 1. The van der Waals surface area contributed by atoms with Crippen molar-refractivity contribution in [3.63, 3.8) is 0 Å². The number of nitriles is 1. The summed E-state index contributed by atoms with van der Waals surface area (Å²) in [5.74, 6) is -0.860. The summed E-state index contributed by atoms with van der Waals surface area (Å²) in [5.41, 5.74) is 2.37. The van der Waals surface area contributed by atoms with Gasteiger partial charge in [-0.1, -0.05) is 12.1 Å². The molecule has 0 bridgehead atoms. The number of amides is 1. The molecule has 1 aromatic carbocycles. The molecule has 0 aliphatic rings. The molecular weight excluding hydrogens is 364 g/mol. The number of nitrogens with zero attached hydrogens (tertiary/aromatic N) is 3. The summed E-state index contributed by atoms with van der Waals surface area (Å²) >= 11 is 1.32. The van der Waals surface area contributed by atoms with Crippen molar-refractivity contribution in [2.75, 3.05) is 17.7 Å². The van der Waals surface area contributed by atoms with Gasteiger partial charge >= 0.3 is 5.97 Å². The molecule has 1 amide bonds. The van der Waals surface area contributed by atoms with Crippen molar-refractivity contribution in [3.8, 4) is 6.07 Å². The highest BCUT2D eigenvalue weighted by molar-refractivity contribution is 7.99. The van der Waals surface area contributed by atoms with Crippen LogP contribution in [0.25, 0.3) is 5.65 Å². The van der Waals surface area contributed by atoms with Crippen molar-refractivity contribution in [1.82, 2.24) is 9.38 Å². The summed E-state index contributed by atoms with van der Waals surface area (Å²) < 4.78 is 6.77. The van der Waals surface area contributed by atoms with E-state index in [0.717, 1.165) is 10.5 Å². The van der Waals surface area contributed by atoms with E-state index in [1.165, 1.54) is 11.8 Å². The van der Waals surface area contributed by atoms with Crippen LogP contribution in [0, 0.1) is 18.3 Å². The van der Waals surface area contributed by atoms with Gasteiger partial charge in [-0.05, 0) is 36.8 Å². The Kier molecular flexibility index (Phi) is 5.74. The van der Waals surface area contributed by atoms with Gasteiger partial charge < -0.3 is 14.5 Å².